The number of aromatic nitrogens is 2. The minimum absolute atomic E-state index is 0.0522. The molecule has 1 aliphatic heterocycles. The molecule has 2 aromatic heterocycles. The topological polar surface area (TPSA) is 105 Å². The summed E-state index contributed by atoms with van der Waals surface area (Å²) in [7, 11) is 1.44. The number of hydrogen-bond donors (Lipinski definition) is 2. The number of pyridine rings is 1. The van der Waals surface area contributed by atoms with Gasteiger partial charge in [-0.2, -0.15) is 0 Å². The highest BCUT2D eigenvalue weighted by molar-refractivity contribution is 6.54. The largest absolute Gasteiger partial charge is 0.404 e. The fraction of sp³-hybridized carbons (Fsp3) is 0.182. The van der Waals surface area contributed by atoms with Crippen LogP contribution in [0.5, 0.6) is 0 Å². The molecule has 0 atom stereocenters. The molecule has 4 rings (SSSR count). The summed E-state index contributed by atoms with van der Waals surface area (Å²) in [6.45, 7) is 1.28. The summed E-state index contributed by atoms with van der Waals surface area (Å²) in [6.07, 6.45) is 5.58. The standard InChI is InChI=1S/C22H21ClN6O2/c1-25-20(15(11-24)22(31)28-8-5-9-28)21(30)27-17-10-19-26-18(13-29(19)12-16(17)23)14-6-3-2-4-7-14/h2-4,6-7,10-13H,5,8-9,24H2,1H3,(H,27,30). The first-order valence-corrected chi connectivity index (χ1v) is 10.1. The van der Waals surface area contributed by atoms with Gasteiger partial charge in [-0.3, -0.25) is 14.6 Å². The zero-order chi connectivity index (χ0) is 22.0. The molecule has 1 aliphatic rings. The number of nitrogens with one attached hydrogen (secondary N) is 1. The maximum Gasteiger partial charge on any atom is 0.274 e. The predicted octanol–water partition coefficient (Wildman–Crippen LogP) is 2.74. The van der Waals surface area contributed by atoms with Crippen LogP contribution in [0.4, 0.5) is 5.69 Å². The third-order valence-electron chi connectivity index (χ3n) is 5.10. The van der Waals surface area contributed by atoms with E-state index in [2.05, 4.69) is 15.3 Å². The molecule has 9 heteroatoms. The van der Waals surface area contributed by atoms with Crippen LogP contribution in [0, 0.1) is 0 Å². The molecule has 8 nitrogen and oxygen atoms in total. The van der Waals surface area contributed by atoms with E-state index in [1.54, 1.807) is 21.6 Å². The Hall–Kier alpha value is -3.65. The lowest BCUT2D eigenvalue weighted by Crippen LogP contribution is -2.45. The van der Waals surface area contributed by atoms with E-state index in [1.165, 1.54) is 7.05 Å². The number of carbonyl (C=O) groups is 2. The molecule has 158 valence electrons. The van der Waals surface area contributed by atoms with Gasteiger partial charge in [-0.15, -0.1) is 0 Å². The average molecular weight is 437 g/mol. The summed E-state index contributed by atoms with van der Waals surface area (Å²) in [6, 6.07) is 11.4. The number of anilines is 1. The number of aliphatic imine (C=N–C) groups is 1. The summed E-state index contributed by atoms with van der Waals surface area (Å²) in [5.74, 6) is -0.888. The summed E-state index contributed by atoms with van der Waals surface area (Å²) in [4.78, 5) is 35.7. The van der Waals surface area contributed by atoms with Crippen molar-refractivity contribution >= 4 is 40.5 Å². The lowest BCUT2D eigenvalue weighted by Gasteiger charge is -2.31. The van der Waals surface area contributed by atoms with Gasteiger partial charge in [0, 0.05) is 50.4 Å². The Labute approximate surface area is 184 Å². The first-order chi connectivity index (χ1) is 15.0. The van der Waals surface area contributed by atoms with E-state index in [0.717, 1.165) is 23.9 Å². The van der Waals surface area contributed by atoms with Crippen molar-refractivity contribution < 1.29 is 9.59 Å². The normalized spacial score (nSPS) is 14.5. The number of rotatable bonds is 5. The van der Waals surface area contributed by atoms with Crippen molar-refractivity contribution in [1.82, 2.24) is 14.3 Å². The highest BCUT2D eigenvalue weighted by Crippen LogP contribution is 2.26. The highest BCUT2D eigenvalue weighted by Gasteiger charge is 2.29. The van der Waals surface area contributed by atoms with Crippen molar-refractivity contribution in [2.24, 2.45) is 10.7 Å². The Morgan fingerprint density at radius 3 is 2.58 bits per heavy atom. The average Bonchev–Trinajstić information content (AvgIpc) is 3.14. The van der Waals surface area contributed by atoms with Crippen LogP contribution in [0.15, 0.2) is 65.6 Å². The monoisotopic (exact) mass is 436 g/mol. The third kappa shape index (κ3) is 4.02. The minimum Gasteiger partial charge on any atom is -0.404 e. The predicted molar refractivity (Wildman–Crippen MR) is 121 cm³/mol. The van der Waals surface area contributed by atoms with Gasteiger partial charge in [-0.1, -0.05) is 41.9 Å². The maximum absolute atomic E-state index is 12.9. The number of imidazole rings is 1. The molecule has 1 fully saturated rings. The highest BCUT2D eigenvalue weighted by atomic mass is 35.5. The molecule has 1 saturated heterocycles. The fourth-order valence-corrected chi connectivity index (χ4v) is 3.53. The Balaban J connectivity index is 1.60. The van der Waals surface area contributed by atoms with E-state index in [9.17, 15) is 9.59 Å². The molecule has 0 bridgehead atoms. The van der Waals surface area contributed by atoms with Crippen molar-refractivity contribution in [3.05, 3.63) is 65.6 Å². The maximum atomic E-state index is 12.9. The van der Waals surface area contributed by atoms with Gasteiger partial charge in [0.15, 0.2) is 0 Å². The number of benzene rings is 1. The molecule has 3 heterocycles. The van der Waals surface area contributed by atoms with Gasteiger partial charge >= 0.3 is 0 Å². The number of carbonyl (C=O) groups excluding carboxylic acids is 2. The molecular weight excluding hydrogens is 416 g/mol. The van der Waals surface area contributed by atoms with Gasteiger partial charge < -0.3 is 20.4 Å². The third-order valence-corrected chi connectivity index (χ3v) is 5.40. The number of fused-ring (bicyclic) bond motifs is 1. The Bertz CT molecular complexity index is 1210. The second-order valence-corrected chi connectivity index (χ2v) is 7.45. The zero-order valence-electron chi connectivity index (χ0n) is 16.9. The van der Waals surface area contributed by atoms with Crippen molar-refractivity contribution in [2.75, 3.05) is 25.5 Å². The van der Waals surface area contributed by atoms with E-state index in [-0.39, 0.29) is 17.2 Å². The molecule has 0 aliphatic carbocycles. The molecule has 3 aromatic rings. The van der Waals surface area contributed by atoms with Crippen LogP contribution < -0.4 is 11.1 Å². The van der Waals surface area contributed by atoms with Crippen LogP contribution in [0.1, 0.15) is 6.42 Å². The van der Waals surface area contributed by atoms with Gasteiger partial charge in [0.25, 0.3) is 11.8 Å². The lowest BCUT2D eigenvalue weighted by molar-refractivity contribution is -0.130. The molecule has 3 N–H and O–H groups in total. The Kier molecular flexibility index (Phi) is 5.73. The van der Waals surface area contributed by atoms with Crippen LogP contribution in [0.3, 0.4) is 0 Å². The van der Waals surface area contributed by atoms with E-state index < -0.39 is 5.91 Å². The van der Waals surface area contributed by atoms with Gasteiger partial charge in [-0.25, -0.2) is 4.98 Å². The van der Waals surface area contributed by atoms with Crippen molar-refractivity contribution in [1.29, 1.82) is 0 Å². The number of likely N-dealkylation sites (tertiary alicyclic amines) is 1. The van der Waals surface area contributed by atoms with Crippen LogP contribution in [-0.4, -0.2) is 51.9 Å². The van der Waals surface area contributed by atoms with Gasteiger partial charge in [0.2, 0.25) is 0 Å². The quantitative estimate of drug-likeness (QED) is 0.473. The van der Waals surface area contributed by atoms with Crippen LogP contribution >= 0.6 is 11.6 Å². The molecule has 0 spiro atoms. The fourth-order valence-electron chi connectivity index (χ4n) is 3.32. The van der Waals surface area contributed by atoms with Crippen molar-refractivity contribution in [2.45, 2.75) is 6.42 Å². The lowest BCUT2D eigenvalue weighted by atomic mass is 10.1. The summed E-state index contributed by atoms with van der Waals surface area (Å²) in [5, 5.41) is 3.04. The zero-order valence-corrected chi connectivity index (χ0v) is 17.6. The molecule has 31 heavy (non-hydrogen) atoms. The van der Waals surface area contributed by atoms with Gasteiger partial charge in [0.05, 0.1) is 22.0 Å². The van der Waals surface area contributed by atoms with E-state index in [4.69, 9.17) is 17.3 Å². The van der Waals surface area contributed by atoms with Crippen LogP contribution in [-0.2, 0) is 9.59 Å². The molecule has 0 unspecified atom stereocenters. The molecule has 1 aromatic carbocycles. The first kappa shape index (κ1) is 20.6. The van der Waals surface area contributed by atoms with E-state index in [0.29, 0.717) is 29.4 Å². The number of nitrogens with zero attached hydrogens (tertiary/aromatic N) is 4. The van der Waals surface area contributed by atoms with Crippen LogP contribution in [0.2, 0.25) is 5.02 Å². The van der Waals surface area contributed by atoms with Gasteiger partial charge in [0.1, 0.15) is 11.4 Å². The van der Waals surface area contributed by atoms with Crippen LogP contribution in [0.25, 0.3) is 16.9 Å². The number of nitrogens with two attached hydrogens (primary N) is 1. The number of hydrogen-bond acceptors (Lipinski definition) is 5. The SMILES string of the molecule is CN=C(C(=O)Nc1cc2nc(-c3ccccc3)cn2cc1Cl)C(=CN)C(=O)N1CCC1. The smallest absolute Gasteiger partial charge is 0.274 e. The second kappa shape index (κ2) is 8.61. The van der Waals surface area contributed by atoms with E-state index >= 15 is 0 Å². The molecule has 2 amide bonds. The molecule has 0 saturated carbocycles. The van der Waals surface area contributed by atoms with Crippen molar-refractivity contribution in [3.63, 3.8) is 0 Å². The van der Waals surface area contributed by atoms with Gasteiger partial charge in [-0.05, 0) is 6.42 Å². The summed E-state index contributed by atoms with van der Waals surface area (Å²) >= 11 is 6.39. The Morgan fingerprint density at radius 1 is 1.23 bits per heavy atom. The first-order valence-electron chi connectivity index (χ1n) is 9.75. The molecule has 0 radical (unpaired) electrons. The number of halogens is 1. The second-order valence-electron chi connectivity index (χ2n) is 7.05. The minimum atomic E-state index is -0.575. The summed E-state index contributed by atoms with van der Waals surface area (Å²) in [5.41, 5.74) is 8.38. The van der Waals surface area contributed by atoms with Crippen molar-refractivity contribution in [3.8, 4) is 11.3 Å². The van der Waals surface area contributed by atoms with E-state index in [1.807, 2.05) is 36.5 Å². The molecular formula is C22H21ClN6O2. The number of amides is 2. The summed E-state index contributed by atoms with van der Waals surface area (Å²) < 4.78 is 1.79. The Morgan fingerprint density at radius 2 is 1.97 bits per heavy atom.